The van der Waals surface area contributed by atoms with Gasteiger partial charge in [-0.15, -0.1) is 0 Å². The number of benzene rings is 1. The molecular formula is C16H24O3. The second kappa shape index (κ2) is 7.95. The summed E-state index contributed by atoms with van der Waals surface area (Å²) in [5, 5.41) is 9.34. The summed E-state index contributed by atoms with van der Waals surface area (Å²) in [4.78, 5) is 11.4. The Kier molecular flexibility index (Phi) is 6.57. The zero-order valence-electron chi connectivity index (χ0n) is 12.1. The number of hydrogen-bond acceptors (Lipinski definition) is 2. The third kappa shape index (κ3) is 5.43. The highest BCUT2D eigenvalue weighted by molar-refractivity contribution is 5.76. The fourth-order valence-electron chi connectivity index (χ4n) is 2.01. The standard InChI is InChI=1S/C16H24O3/c1-12(2)8-10-19-11-9-15(16(17)18)14-7-5-4-6-13(14)3/h4-7,12,15H,8-11H2,1-3H3,(H,17,18). The summed E-state index contributed by atoms with van der Waals surface area (Å²) in [5.74, 6) is -0.631. The maximum absolute atomic E-state index is 11.4. The average Bonchev–Trinajstić information content (AvgIpc) is 2.34. The van der Waals surface area contributed by atoms with Crippen LogP contribution < -0.4 is 0 Å². The van der Waals surface area contributed by atoms with Crippen LogP contribution in [0.3, 0.4) is 0 Å². The highest BCUT2D eigenvalue weighted by Gasteiger charge is 2.20. The van der Waals surface area contributed by atoms with Crippen molar-refractivity contribution in [2.45, 2.75) is 39.5 Å². The Morgan fingerprint density at radius 1 is 1.21 bits per heavy atom. The first-order valence-electron chi connectivity index (χ1n) is 6.88. The fourth-order valence-corrected chi connectivity index (χ4v) is 2.01. The maximum atomic E-state index is 11.4. The fraction of sp³-hybridized carbons (Fsp3) is 0.562. The van der Waals surface area contributed by atoms with E-state index in [4.69, 9.17) is 4.74 Å². The Morgan fingerprint density at radius 3 is 2.42 bits per heavy atom. The van der Waals surface area contributed by atoms with E-state index < -0.39 is 11.9 Å². The Balaban J connectivity index is 2.51. The van der Waals surface area contributed by atoms with Gasteiger partial charge in [0.1, 0.15) is 0 Å². The molecule has 1 rings (SSSR count). The summed E-state index contributed by atoms with van der Waals surface area (Å²) in [5.41, 5.74) is 1.92. The molecule has 1 aromatic rings. The number of rotatable bonds is 8. The van der Waals surface area contributed by atoms with Crippen LogP contribution in [0.4, 0.5) is 0 Å². The lowest BCUT2D eigenvalue weighted by Crippen LogP contribution is -2.15. The van der Waals surface area contributed by atoms with E-state index in [2.05, 4.69) is 13.8 Å². The van der Waals surface area contributed by atoms with Crippen molar-refractivity contribution < 1.29 is 14.6 Å². The van der Waals surface area contributed by atoms with Gasteiger partial charge in [0, 0.05) is 13.2 Å². The molecule has 0 saturated heterocycles. The van der Waals surface area contributed by atoms with Gasteiger partial charge < -0.3 is 9.84 Å². The third-order valence-corrected chi connectivity index (χ3v) is 3.25. The summed E-state index contributed by atoms with van der Waals surface area (Å²) in [7, 11) is 0. The van der Waals surface area contributed by atoms with Crippen LogP contribution in [0.5, 0.6) is 0 Å². The van der Waals surface area contributed by atoms with Crippen LogP contribution >= 0.6 is 0 Å². The molecule has 0 aliphatic rings. The Bertz CT molecular complexity index is 399. The number of aryl methyl sites for hydroxylation is 1. The normalized spacial score (nSPS) is 12.6. The predicted molar refractivity (Wildman–Crippen MR) is 76.4 cm³/mol. The largest absolute Gasteiger partial charge is 0.481 e. The highest BCUT2D eigenvalue weighted by Crippen LogP contribution is 2.23. The zero-order valence-corrected chi connectivity index (χ0v) is 12.1. The van der Waals surface area contributed by atoms with Crippen LogP contribution in [0.25, 0.3) is 0 Å². The molecule has 0 saturated carbocycles. The van der Waals surface area contributed by atoms with E-state index in [0.29, 0.717) is 25.6 Å². The van der Waals surface area contributed by atoms with Crippen LogP contribution in [0.1, 0.15) is 43.7 Å². The zero-order chi connectivity index (χ0) is 14.3. The van der Waals surface area contributed by atoms with E-state index in [1.165, 1.54) is 0 Å². The molecule has 0 amide bonds. The molecule has 1 aromatic carbocycles. The summed E-state index contributed by atoms with van der Waals surface area (Å²) in [6.07, 6.45) is 1.54. The van der Waals surface area contributed by atoms with Crippen LogP contribution in [-0.4, -0.2) is 24.3 Å². The molecule has 3 heteroatoms. The topological polar surface area (TPSA) is 46.5 Å². The van der Waals surface area contributed by atoms with Gasteiger partial charge in [0.25, 0.3) is 0 Å². The van der Waals surface area contributed by atoms with Crippen molar-refractivity contribution >= 4 is 5.97 Å². The first-order valence-corrected chi connectivity index (χ1v) is 6.88. The monoisotopic (exact) mass is 264 g/mol. The van der Waals surface area contributed by atoms with Crippen molar-refractivity contribution in [2.24, 2.45) is 5.92 Å². The Hall–Kier alpha value is -1.35. The molecule has 0 aliphatic heterocycles. The summed E-state index contributed by atoms with van der Waals surface area (Å²) >= 11 is 0. The Labute approximate surface area is 115 Å². The van der Waals surface area contributed by atoms with Gasteiger partial charge in [0.15, 0.2) is 0 Å². The molecule has 0 bridgehead atoms. The lowest BCUT2D eigenvalue weighted by atomic mass is 9.92. The number of aliphatic carboxylic acids is 1. The number of carboxylic acids is 1. The summed E-state index contributed by atoms with van der Waals surface area (Å²) in [6, 6.07) is 7.65. The summed E-state index contributed by atoms with van der Waals surface area (Å²) in [6.45, 7) is 7.45. The van der Waals surface area contributed by atoms with E-state index in [1.54, 1.807) is 0 Å². The summed E-state index contributed by atoms with van der Waals surface area (Å²) < 4.78 is 5.52. The van der Waals surface area contributed by atoms with Crippen LogP contribution in [0.15, 0.2) is 24.3 Å². The van der Waals surface area contributed by atoms with Crippen molar-refractivity contribution in [3.05, 3.63) is 35.4 Å². The van der Waals surface area contributed by atoms with Gasteiger partial charge in [0.05, 0.1) is 5.92 Å². The minimum Gasteiger partial charge on any atom is -0.481 e. The van der Waals surface area contributed by atoms with Gasteiger partial charge in [-0.25, -0.2) is 0 Å². The molecule has 0 radical (unpaired) electrons. The SMILES string of the molecule is Cc1ccccc1C(CCOCCC(C)C)C(=O)O. The van der Waals surface area contributed by atoms with Crippen molar-refractivity contribution in [3.63, 3.8) is 0 Å². The van der Waals surface area contributed by atoms with Crippen LogP contribution in [-0.2, 0) is 9.53 Å². The van der Waals surface area contributed by atoms with Gasteiger partial charge in [0.2, 0.25) is 0 Å². The van der Waals surface area contributed by atoms with Gasteiger partial charge in [-0.05, 0) is 36.8 Å². The molecule has 19 heavy (non-hydrogen) atoms. The number of ether oxygens (including phenoxy) is 1. The lowest BCUT2D eigenvalue weighted by molar-refractivity contribution is -0.139. The van der Waals surface area contributed by atoms with Crippen molar-refractivity contribution in [1.82, 2.24) is 0 Å². The van der Waals surface area contributed by atoms with Crippen molar-refractivity contribution in [3.8, 4) is 0 Å². The molecule has 106 valence electrons. The van der Waals surface area contributed by atoms with Crippen LogP contribution in [0.2, 0.25) is 0 Å². The molecule has 0 aliphatic carbocycles. The molecule has 1 atom stereocenters. The van der Waals surface area contributed by atoms with Crippen molar-refractivity contribution in [2.75, 3.05) is 13.2 Å². The van der Waals surface area contributed by atoms with Crippen LogP contribution in [0, 0.1) is 12.8 Å². The molecule has 0 fully saturated rings. The minimum atomic E-state index is -0.776. The predicted octanol–water partition coefficient (Wildman–Crippen LogP) is 3.62. The molecule has 0 heterocycles. The number of carboxylic acid groups (broad SMARTS) is 1. The van der Waals surface area contributed by atoms with Gasteiger partial charge in [-0.2, -0.15) is 0 Å². The molecule has 3 nitrogen and oxygen atoms in total. The van der Waals surface area contributed by atoms with E-state index >= 15 is 0 Å². The van der Waals surface area contributed by atoms with E-state index in [-0.39, 0.29) is 0 Å². The number of carbonyl (C=O) groups is 1. The third-order valence-electron chi connectivity index (χ3n) is 3.25. The van der Waals surface area contributed by atoms with E-state index in [0.717, 1.165) is 17.5 Å². The molecule has 0 spiro atoms. The van der Waals surface area contributed by atoms with E-state index in [1.807, 2.05) is 31.2 Å². The molecule has 0 aromatic heterocycles. The van der Waals surface area contributed by atoms with E-state index in [9.17, 15) is 9.90 Å². The van der Waals surface area contributed by atoms with Crippen molar-refractivity contribution in [1.29, 1.82) is 0 Å². The molecular weight excluding hydrogens is 240 g/mol. The van der Waals surface area contributed by atoms with Gasteiger partial charge in [-0.3, -0.25) is 4.79 Å². The smallest absolute Gasteiger partial charge is 0.311 e. The molecule has 1 unspecified atom stereocenters. The molecule has 1 N–H and O–H groups in total. The average molecular weight is 264 g/mol. The second-order valence-corrected chi connectivity index (χ2v) is 5.33. The highest BCUT2D eigenvalue weighted by atomic mass is 16.5. The van der Waals surface area contributed by atoms with Gasteiger partial charge in [-0.1, -0.05) is 38.1 Å². The quantitative estimate of drug-likeness (QED) is 0.729. The Morgan fingerprint density at radius 2 is 1.84 bits per heavy atom. The lowest BCUT2D eigenvalue weighted by Gasteiger charge is -2.15. The number of hydrogen-bond donors (Lipinski definition) is 1. The first-order chi connectivity index (χ1) is 9.02. The van der Waals surface area contributed by atoms with Gasteiger partial charge >= 0.3 is 5.97 Å². The maximum Gasteiger partial charge on any atom is 0.311 e. The first kappa shape index (κ1) is 15.7. The second-order valence-electron chi connectivity index (χ2n) is 5.33. The minimum absolute atomic E-state index is 0.472.